The Morgan fingerprint density at radius 2 is 1.96 bits per heavy atom. The van der Waals surface area contributed by atoms with Gasteiger partial charge in [0.05, 0.1) is 6.61 Å². The van der Waals surface area contributed by atoms with Gasteiger partial charge in [0.15, 0.2) is 5.78 Å². The number of allylic oxidation sites excluding steroid dienone is 1. The van der Waals surface area contributed by atoms with Gasteiger partial charge in [-0.15, -0.1) is 0 Å². The molecule has 0 aliphatic heterocycles. The number of esters is 1. The normalized spacial score (nSPS) is 11.8. The number of benzene rings is 1. The van der Waals surface area contributed by atoms with Crippen molar-refractivity contribution < 1.29 is 37.4 Å². The Kier molecular flexibility index (Phi) is 6.51. The second-order valence-corrected chi connectivity index (χ2v) is 4.50. The molecule has 0 atom stereocenters. The molecule has 0 fully saturated rings. The number of alkyl halides is 3. The van der Waals surface area contributed by atoms with Crippen LogP contribution in [0.1, 0.15) is 22.8 Å². The van der Waals surface area contributed by atoms with E-state index in [1.807, 2.05) is 0 Å². The molecule has 2 N–H and O–H groups in total. The van der Waals surface area contributed by atoms with Gasteiger partial charge in [0.25, 0.3) is 0 Å². The summed E-state index contributed by atoms with van der Waals surface area (Å²) in [5.41, 5.74) is 0.257. The van der Waals surface area contributed by atoms with Crippen LogP contribution in [0.25, 0.3) is 0 Å². The molecule has 130 valence electrons. The molecule has 1 rings (SSSR count). The van der Waals surface area contributed by atoms with Gasteiger partial charge in [-0.2, -0.15) is 13.2 Å². The van der Waals surface area contributed by atoms with E-state index in [2.05, 4.69) is 4.74 Å². The quantitative estimate of drug-likeness (QED) is 0.356. The molecule has 0 aliphatic rings. The highest BCUT2D eigenvalue weighted by Crippen LogP contribution is 2.15. The average Bonchev–Trinajstić information content (AvgIpc) is 2.52. The zero-order valence-electron chi connectivity index (χ0n) is 12.5. The van der Waals surface area contributed by atoms with Crippen molar-refractivity contribution in [3.8, 4) is 0 Å². The number of ether oxygens (including phenoxy) is 1. The molecule has 0 spiro atoms. The molecule has 0 aliphatic carbocycles. The minimum Gasteiger partial charge on any atom is -0.502 e. The molecule has 0 saturated heterocycles. The summed E-state index contributed by atoms with van der Waals surface area (Å²) in [5, 5.41) is 11.1. The number of carbonyl (C=O) groups excluding carboxylic acids is 3. The van der Waals surface area contributed by atoms with Crippen LogP contribution in [0.15, 0.2) is 36.1 Å². The minimum absolute atomic E-state index is 0.0132. The summed E-state index contributed by atoms with van der Waals surface area (Å²) < 4.78 is 40.8. The van der Waals surface area contributed by atoms with Crippen molar-refractivity contribution in [3.63, 3.8) is 0 Å². The smallest absolute Gasteiger partial charge is 0.471 e. The maximum absolute atomic E-state index is 12.1. The summed E-state index contributed by atoms with van der Waals surface area (Å²) in [6.45, 7) is 1.10. The van der Waals surface area contributed by atoms with Gasteiger partial charge in [0, 0.05) is 18.2 Å². The third-order valence-corrected chi connectivity index (χ3v) is 2.67. The summed E-state index contributed by atoms with van der Waals surface area (Å²) in [6, 6.07) is 5.36. The fourth-order valence-corrected chi connectivity index (χ4v) is 1.59. The van der Waals surface area contributed by atoms with E-state index < -0.39 is 36.1 Å². The first-order chi connectivity index (χ1) is 11.1. The van der Waals surface area contributed by atoms with Gasteiger partial charge in [-0.25, -0.2) is 4.79 Å². The number of carbonyl (C=O) groups is 3. The number of aliphatic hydroxyl groups is 1. The first-order valence-electron chi connectivity index (χ1n) is 6.71. The molecular weight excluding hydrogens is 331 g/mol. The Hall–Kier alpha value is -2.84. The van der Waals surface area contributed by atoms with Crippen LogP contribution >= 0.6 is 0 Å². The van der Waals surface area contributed by atoms with Gasteiger partial charge in [-0.05, 0) is 18.6 Å². The number of hydrogen-bond acceptors (Lipinski definition) is 5. The summed E-state index contributed by atoms with van der Waals surface area (Å²) in [4.78, 5) is 33.8. The second kappa shape index (κ2) is 8.14. The van der Waals surface area contributed by atoms with Crippen LogP contribution in [0.5, 0.6) is 0 Å². The topological polar surface area (TPSA) is 92.7 Å². The molecular formula is C15H14F3NO5. The Labute approximate surface area is 134 Å². The first-order valence-corrected chi connectivity index (χ1v) is 6.71. The highest BCUT2D eigenvalue weighted by molar-refractivity contribution is 6.08. The molecule has 0 unspecified atom stereocenters. The molecule has 9 heteroatoms. The first kappa shape index (κ1) is 19.2. The predicted octanol–water partition coefficient (Wildman–Crippen LogP) is 2.05. The maximum atomic E-state index is 12.1. The minimum atomic E-state index is -5.00. The van der Waals surface area contributed by atoms with Crippen molar-refractivity contribution in [2.45, 2.75) is 19.6 Å². The van der Waals surface area contributed by atoms with E-state index in [1.165, 1.54) is 31.2 Å². The molecule has 0 aromatic heterocycles. The Morgan fingerprint density at radius 1 is 1.29 bits per heavy atom. The molecule has 6 nitrogen and oxygen atoms in total. The summed E-state index contributed by atoms with van der Waals surface area (Å²) in [7, 11) is 0. The maximum Gasteiger partial charge on any atom is 0.471 e. The van der Waals surface area contributed by atoms with E-state index in [0.29, 0.717) is 6.08 Å². The van der Waals surface area contributed by atoms with E-state index in [1.54, 1.807) is 5.32 Å². The number of ketones is 1. The van der Waals surface area contributed by atoms with Crippen LogP contribution in [-0.2, 0) is 20.9 Å². The number of aliphatic hydroxyl groups excluding tert-OH is 1. The van der Waals surface area contributed by atoms with Crippen molar-refractivity contribution >= 4 is 17.7 Å². The van der Waals surface area contributed by atoms with Gasteiger partial charge in [0.1, 0.15) is 0 Å². The molecule has 1 aromatic carbocycles. The third kappa shape index (κ3) is 5.75. The zero-order valence-corrected chi connectivity index (χ0v) is 12.5. The van der Waals surface area contributed by atoms with Crippen molar-refractivity contribution in [2.75, 3.05) is 6.61 Å². The molecule has 1 amide bonds. The lowest BCUT2D eigenvalue weighted by atomic mass is 10.1. The van der Waals surface area contributed by atoms with Gasteiger partial charge in [-0.1, -0.05) is 18.2 Å². The molecule has 0 saturated carbocycles. The lowest BCUT2D eigenvalue weighted by molar-refractivity contribution is -0.173. The van der Waals surface area contributed by atoms with Gasteiger partial charge < -0.3 is 15.2 Å². The van der Waals surface area contributed by atoms with E-state index in [4.69, 9.17) is 0 Å². The summed E-state index contributed by atoms with van der Waals surface area (Å²) >= 11 is 0. The largest absolute Gasteiger partial charge is 0.502 e. The van der Waals surface area contributed by atoms with E-state index in [9.17, 15) is 32.7 Å². The highest BCUT2D eigenvalue weighted by atomic mass is 19.4. The van der Waals surface area contributed by atoms with Crippen molar-refractivity contribution in [2.24, 2.45) is 0 Å². The van der Waals surface area contributed by atoms with Crippen molar-refractivity contribution in [1.29, 1.82) is 0 Å². The predicted molar refractivity (Wildman–Crippen MR) is 76.0 cm³/mol. The number of hydrogen-bond donors (Lipinski definition) is 2. The SMILES string of the molecule is CCOC(=O)/C(O)=C/C(=O)c1cccc(CNC(=O)C(F)(F)F)c1. The fourth-order valence-electron chi connectivity index (χ4n) is 1.59. The van der Waals surface area contributed by atoms with Crippen LogP contribution in [0.2, 0.25) is 0 Å². The molecule has 0 bridgehead atoms. The standard InChI is InChI=1S/C15H14F3NO5/c1-2-24-13(22)12(21)7-11(20)10-5-3-4-9(6-10)8-19-14(23)15(16,17)18/h3-7,21H,2,8H2,1H3,(H,19,23)/b12-7-. The number of halogens is 3. The van der Waals surface area contributed by atoms with E-state index >= 15 is 0 Å². The van der Waals surface area contributed by atoms with Crippen LogP contribution in [0.4, 0.5) is 13.2 Å². The lowest BCUT2D eigenvalue weighted by Gasteiger charge is -2.08. The summed E-state index contributed by atoms with van der Waals surface area (Å²) in [5.74, 6) is -4.80. The van der Waals surface area contributed by atoms with Crippen LogP contribution in [0.3, 0.4) is 0 Å². The van der Waals surface area contributed by atoms with Crippen molar-refractivity contribution in [1.82, 2.24) is 5.32 Å². The summed E-state index contributed by atoms with van der Waals surface area (Å²) in [6.07, 6.45) is -4.35. The van der Waals surface area contributed by atoms with E-state index in [0.717, 1.165) is 0 Å². The third-order valence-electron chi connectivity index (χ3n) is 2.67. The monoisotopic (exact) mass is 345 g/mol. The van der Waals surface area contributed by atoms with E-state index in [-0.39, 0.29) is 17.7 Å². The van der Waals surface area contributed by atoms with Gasteiger partial charge in [-0.3, -0.25) is 9.59 Å². The Balaban J connectivity index is 2.81. The number of nitrogens with one attached hydrogen (secondary N) is 1. The Bertz CT molecular complexity index is 667. The van der Waals surface area contributed by atoms with Crippen molar-refractivity contribution in [3.05, 3.63) is 47.2 Å². The number of rotatable bonds is 6. The molecule has 1 aromatic rings. The Morgan fingerprint density at radius 3 is 2.54 bits per heavy atom. The zero-order chi connectivity index (χ0) is 18.3. The van der Waals surface area contributed by atoms with Crippen LogP contribution in [0, 0.1) is 0 Å². The number of amides is 1. The molecule has 0 radical (unpaired) electrons. The van der Waals surface area contributed by atoms with Gasteiger partial charge in [0.2, 0.25) is 5.76 Å². The highest BCUT2D eigenvalue weighted by Gasteiger charge is 2.38. The lowest BCUT2D eigenvalue weighted by Crippen LogP contribution is -2.36. The average molecular weight is 345 g/mol. The van der Waals surface area contributed by atoms with Crippen LogP contribution in [-0.4, -0.2) is 35.5 Å². The van der Waals surface area contributed by atoms with Crippen LogP contribution < -0.4 is 5.32 Å². The van der Waals surface area contributed by atoms with Gasteiger partial charge >= 0.3 is 18.1 Å². The fraction of sp³-hybridized carbons (Fsp3) is 0.267. The molecule has 24 heavy (non-hydrogen) atoms. The molecule has 0 heterocycles. The second-order valence-electron chi connectivity index (χ2n) is 4.50.